The average Bonchev–Trinajstić information content (AvgIpc) is 3.51. The van der Waals surface area contributed by atoms with Crippen LogP contribution in [0.25, 0.3) is 21.5 Å². The van der Waals surface area contributed by atoms with Gasteiger partial charge in [-0.2, -0.15) is 0 Å². The Morgan fingerprint density at radius 3 is 2.55 bits per heavy atom. The van der Waals surface area contributed by atoms with Crippen LogP contribution in [0.4, 0.5) is 8.78 Å². The highest BCUT2D eigenvalue weighted by Gasteiger charge is 2.19. The lowest BCUT2D eigenvalue weighted by Crippen LogP contribution is -1.97. The highest BCUT2D eigenvalue weighted by atomic mass is 32.2. The van der Waals surface area contributed by atoms with Crippen LogP contribution in [0.1, 0.15) is 32.6 Å². The summed E-state index contributed by atoms with van der Waals surface area (Å²) in [4.78, 5) is 6.84. The van der Waals surface area contributed by atoms with Crippen molar-refractivity contribution in [1.29, 1.82) is 0 Å². The van der Waals surface area contributed by atoms with Crippen molar-refractivity contribution in [2.75, 3.05) is 0 Å². The minimum absolute atomic E-state index is 0.255. The largest absolute Gasteiger partial charge is 0.341 e. The minimum atomic E-state index is -2.62. The van der Waals surface area contributed by atoms with Crippen LogP contribution in [0.3, 0.4) is 0 Å². The van der Waals surface area contributed by atoms with E-state index >= 15 is 0 Å². The van der Waals surface area contributed by atoms with Gasteiger partial charge in [0, 0.05) is 38.2 Å². The molecule has 0 unspecified atom stereocenters. The molecule has 0 radical (unpaired) electrons. The van der Waals surface area contributed by atoms with E-state index in [1.54, 1.807) is 23.1 Å². The van der Waals surface area contributed by atoms with E-state index < -0.39 is 6.43 Å². The van der Waals surface area contributed by atoms with Gasteiger partial charge in [-0.3, -0.25) is 0 Å². The summed E-state index contributed by atoms with van der Waals surface area (Å²) in [7, 11) is 0. The Bertz CT molecular complexity index is 1410. The van der Waals surface area contributed by atoms with Gasteiger partial charge in [0.2, 0.25) is 0 Å². The molecule has 0 aliphatic rings. The molecule has 0 saturated heterocycles. The summed E-state index contributed by atoms with van der Waals surface area (Å²) >= 11 is 4.38. The van der Waals surface area contributed by atoms with Gasteiger partial charge in [0.15, 0.2) is 5.01 Å². The molecule has 0 fully saturated rings. The molecule has 3 heterocycles. The van der Waals surface area contributed by atoms with Gasteiger partial charge in [0.1, 0.15) is 5.01 Å². The van der Waals surface area contributed by atoms with Crippen LogP contribution in [-0.2, 0) is 12.3 Å². The monoisotopic (exact) mass is 498 g/mol. The first-order valence-electron chi connectivity index (χ1n) is 10.3. The number of hydrogen-bond acceptors (Lipinski definition) is 6. The van der Waals surface area contributed by atoms with Gasteiger partial charge in [0.25, 0.3) is 6.43 Å². The molecule has 0 aliphatic carbocycles. The molecule has 3 aromatic heterocycles. The zero-order valence-electron chi connectivity index (χ0n) is 18.0. The molecule has 0 atom stereocenters. The first-order valence-corrected chi connectivity index (χ1v) is 12.9. The number of thiazole rings is 1. The first kappa shape index (κ1) is 22.2. The number of aryl methyl sites for hydroxylation is 2. The molecular weight excluding hydrogens is 478 g/mol. The third-order valence-electron chi connectivity index (χ3n) is 5.27. The summed E-state index contributed by atoms with van der Waals surface area (Å²) in [6.07, 6.45) is -0.620. The molecule has 0 bridgehead atoms. The fourth-order valence-corrected chi connectivity index (χ4v) is 6.27. The lowest BCUT2D eigenvalue weighted by molar-refractivity contribution is 0.150. The molecule has 5 aromatic rings. The minimum Gasteiger partial charge on any atom is -0.341 e. The maximum absolute atomic E-state index is 13.2. The summed E-state index contributed by atoms with van der Waals surface area (Å²) in [5.74, 6) is 0.857. The standard InChI is InChI=1S/C24H20F2N4S3/c1-14-21(32-15(2)27-14)12-30-11-19(23-28-29-24(33-23)22(25)26)18-10-17(8-9-20(18)30)31-13-16-6-4-3-5-7-16/h3-11,22H,12-13H2,1-2H3. The molecule has 0 saturated carbocycles. The molecule has 0 N–H and O–H groups in total. The second-order valence-electron chi connectivity index (χ2n) is 7.61. The molecular formula is C24H20F2N4S3. The number of aromatic nitrogens is 4. The Hall–Kier alpha value is -2.62. The van der Waals surface area contributed by atoms with Gasteiger partial charge in [0.05, 0.1) is 17.2 Å². The van der Waals surface area contributed by atoms with Crippen LogP contribution in [0.2, 0.25) is 0 Å². The van der Waals surface area contributed by atoms with Gasteiger partial charge in [-0.1, -0.05) is 41.7 Å². The quantitative estimate of drug-likeness (QED) is 0.218. The fourth-order valence-electron chi connectivity index (χ4n) is 3.71. The lowest BCUT2D eigenvalue weighted by atomic mass is 10.2. The van der Waals surface area contributed by atoms with Crippen molar-refractivity contribution in [3.05, 3.63) is 80.9 Å². The lowest BCUT2D eigenvalue weighted by Gasteiger charge is -2.06. The second-order valence-corrected chi connectivity index (χ2v) is 11.0. The Morgan fingerprint density at radius 2 is 1.85 bits per heavy atom. The van der Waals surface area contributed by atoms with Crippen molar-refractivity contribution in [3.63, 3.8) is 0 Å². The summed E-state index contributed by atoms with van der Waals surface area (Å²) in [6, 6.07) is 16.7. The van der Waals surface area contributed by atoms with E-state index in [-0.39, 0.29) is 5.01 Å². The molecule has 5 rings (SSSR count). The van der Waals surface area contributed by atoms with Crippen LogP contribution >= 0.6 is 34.4 Å². The van der Waals surface area contributed by atoms with Crippen molar-refractivity contribution >= 4 is 45.3 Å². The molecule has 168 valence electrons. The van der Waals surface area contributed by atoms with Crippen LogP contribution in [0.15, 0.2) is 59.6 Å². The van der Waals surface area contributed by atoms with Gasteiger partial charge in [-0.05, 0) is 37.6 Å². The van der Waals surface area contributed by atoms with Crippen LogP contribution in [0, 0.1) is 13.8 Å². The van der Waals surface area contributed by atoms with E-state index in [1.165, 1.54) is 10.4 Å². The SMILES string of the molecule is Cc1nc(C)c(Cn2cc(-c3nnc(C(F)F)s3)c3cc(SCc4ccccc4)ccc32)s1. The summed E-state index contributed by atoms with van der Waals surface area (Å²) in [5, 5.41) is 10.1. The summed E-state index contributed by atoms with van der Waals surface area (Å²) in [5.41, 5.74) is 4.14. The van der Waals surface area contributed by atoms with Gasteiger partial charge in [-0.15, -0.1) is 33.3 Å². The molecule has 9 heteroatoms. The molecule has 0 amide bonds. The molecule has 33 heavy (non-hydrogen) atoms. The number of hydrogen-bond donors (Lipinski definition) is 0. The third-order valence-corrected chi connectivity index (χ3v) is 8.36. The topological polar surface area (TPSA) is 43.6 Å². The zero-order chi connectivity index (χ0) is 22.9. The molecule has 0 spiro atoms. The number of benzene rings is 2. The fraction of sp³-hybridized carbons (Fsp3) is 0.208. The number of nitrogens with zero attached hydrogens (tertiary/aromatic N) is 4. The first-order chi connectivity index (χ1) is 16.0. The molecule has 4 nitrogen and oxygen atoms in total. The van der Waals surface area contributed by atoms with Crippen molar-refractivity contribution in [3.8, 4) is 10.6 Å². The Morgan fingerprint density at radius 1 is 1.03 bits per heavy atom. The zero-order valence-corrected chi connectivity index (χ0v) is 20.4. The third kappa shape index (κ3) is 4.71. The van der Waals surface area contributed by atoms with Crippen molar-refractivity contribution in [2.45, 2.75) is 37.5 Å². The highest BCUT2D eigenvalue weighted by molar-refractivity contribution is 7.98. The Kier molecular flexibility index (Phi) is 6.27. The van der Waals surface area contributed by atoms with Crippen molar-refractivity contribution < 1.29 is 8.78 Å². The van der Waals surface area contributed by atoms with Crippen molar-refractivity contribution in [2.24, 2.45) is 0 Å². The second kappa shape index (κ2) is 9.32. The number of thioether (sulfide) groups is 1. The van der Waals surface area contributed by atoms with E-state index in [0.717, 1.165) is 49.2 Å². The number of rotatable bonds is 7. The average molecular weight is 499 g/mol. The van der Waals surface area contributed by atoms with Crippen LogP contribution in [-0.4, -0.2) is 19.7 Å². The molecule has 2 aromatic carbocycles. The van der Waals surface area contributed by atoms with Gasteiger partial charge in [-0.25, -0.2) is 13.8 Å². The van der Waals surface area contributed by atoms with Crippen LogP contribution < -0.4 is 0 Å². The van der Waals surface area contributed by atoms with E-state index in [4.69, 9.17) is 0 Å². The number of fused-ring (bicyclic) bond motifs is 1. The van der Waals surface area contributed by atoms with E-state index in [9.17, 15) is 8.78 Å². The Balaban J connectivity index is 1.55. The summed E-state index contributed by atoms with van der Waals surface area (Å²) in [6.45, 7) is 4.69. The van der Waals surface area contributed by atoms with Crippen molar-refractivity contribution in [1.82, 2.24) is 19.7 Å². The smallest absolute Gasteiger partial charge is 0.291 e. The normalized spacial score (nSPS) is 11.7. The van der Waals surface area contributed by atoms with E-state index in [0.29, 0.717) is 11.6 Å². The van der Waals surface area contributed by atoms with Crippen LogP contribution in [0.5, 0.6) is 0 Å². The Labute approximate surface area is 202 Å². The van der Waals surface area contributed by atoms with E-state index in [2.05, 4.69) is 50.1 Å². The number of halogens is 2. The molecule has 0 aliphatic heterocycles. The van der Waals surface area contributed by atoms with Gasteiger partial charge >= 0.3 is 0 Å². The summed E-state index contributed by atoms with van der Waals surface area (Å²) < 4.78 is 28.5. The maximum Gasteiger partial charge on any atom is 0.291 e. The van der Waals surface area contributed by atoms with Gasteiger partial charge < -0.3 is 4.57 Å². The predicted octanol–water partition coefficient (Wildman–Crippen LogP) is 7.51. The maximum atomic E-state index is 13.2. The highest BCUT2D eigenvalue weighted by Crippen LogP contribution is 2.38. The van der Waals surface area contributed by atoms with E-state index in [1.807, 2.05) is 38.2 Å². The number of alkyl halides is 2. The predicted molar refractivity (Wildman–Crippen MR) is 132 cm³/mol.